The minimum atomic E-state index is -3.85. The Morgan fingerprint density at radius 2 is 1.58 bits per heavy atom. The van der Waals surface area contributed by atoms with Gasteiger partial charge in [0.15, 0.2) is 5.75 Å². The Bertz CT molecular complexity index is 1010. The third-order valence-electron chi connectivity index (χ3n) is 3.54. The molecule has 0 fully saturated rings. The summed E-state index contributed by atoms with van der Waals surface area (Å²) in [4.78, 5) is 0.0258. The van der Waals surface area contributed by atoms with Crippen molar-refractivity contribution < 1.29 is 17.9 Å². The second-order valence-corrected chi connectivity index (χ2v) is 7.40. The Balaban J connectivity index is 1.89. The van der Waals surface area contributed by atoms with Crippen LogP contribution in [0.5, 0.6) is 17.2 Å². The standard InChI is InChI=1S/C19H16ClNO4S/c1-24-18-12-11-15(13-16(18)20)26(22,23)21-17-9-5-6-10-19(17)25-14-7-3-2-4-8-14/h2-13,21H,1H3. The molecule has 0 atom stereocenters. The summed E-state index contributed by atoms with van der Waals surface area (Å²) in [5, 5.41) is 0.212. The fourth-order valence-electron chi connectivity index (χ4n) is 2.27. The molecule has 5 nitrogen and oxygen atoms in total. The van der Waals surface area contributed by atoms with Gasteiger partial charge < -0.3 is 9.47 Å². The van der Waals surface area contributed by atoms with Crippen molar-refractivity contribution in [3.8, 4) is 17.2 Å². The van der Waals surface area contributed by atoms with Crippen LogP contribution < -0.4 is 14.2 Å². The Morgan fingerprint density at radius 3 is 2.27 bits per heavy atom. The highest BCUT2D eigenvalue weighted by Crippen LogP contribution is 2.32. The number of sulfonamides is 1. The van der Waals surface area contributed by atoms with Crippen molar-refractivity contribution in [2.45, 2.75) is 4.90 Å². The van der Waals surface area contributed by atoms with E-state index >= 15 is 0 Å². The van der Waals surface area contributed by atoms with Crippen LogP contribution in [0, 0.1) is 0 Å². The molecule has 0 heterocycles. The summed E-state index contributed by atoms with van der Waals surface area (Å²) in [6.07, 6.45) is 0. The lowest BCUT2D eigenvalue weighted by atomic mass is 10.3. The molecule has 0 aliphatic heterocycles. The first-order valence-electron chi connectivity index (χ1n) is 7.68. The van der Waals surface area contributed by atoms with E-state index in [2.05, 4.69) is 4.72 Å². The van der Waals surface area contributed by atoms with Crippen molar-refractivity contribution in [1.82, 2.24) is 0 Å². The van der Waals surface area contributed by atoms with Crippen LogP contribution >= 0.6 is 11.6 Å². The van der Waals surface area contributed by atoms with Crippen molar-refractivity contribution in [3.05, 3.63) is 77.8 Å². The molecule has 0 amide bonds. The fraction of sp³-hybridized carbons (Fsp3) is 0.0526. The fourth-order valence-corrected chi connectivity index (χ4v) is 3.69. The highest BCUT2D eigenvalue weighted by molar-refractivity contribution is 7.92. The number of nitrogens with one attached hydrogen (secondary N) is 1. The van der Waals surface area contributed by atoms with E-state index in [0.29, 0.717) is 22.9 Å². The van der Waals surface area contributed by atoms with Crippen LogP contribution in [0.3, 0.4) is 0 Å². The number of para-hydroxylation sites is 3. The SMILES string of the molecule is COc1ccc(S(=O)(=O)Nc2ccccc2Oc2ccccc2)cc1Cl. The molecule has 0 aliphatic carbocycles. The van der Waals surface area contributed by atoms with Crippen molar-refractivity contribution >= 4 is 27.3 Å². The summed E-state index contributed by atoms with van der Waals surface area (Å²) in [5.41, 5.74) is 0.322. The first kappa shape index (κ1) is 18.1. The zero-order chi connectivity index (χ0) is 18.6. The summed E-state index contributed by atoms with van der Waals surface area (Å²) >= 11 is 6.04. The summed E-state index contributed by atoms with van der Waals surface area (Å²) in [6.45, 7) is 0. The van der Waals surface area contributed by atoms with Crippen molar-refractivity contribution in [2.75, 3.05) is 11.8 Å². The van der Waals surface area contributed by atoms with Gasteiger partial charge in [0.2, 0.25) is 0 Å². The summed E-state index contributed by atoms with van der Waals surface area (Å²) in [6, 6.07) is 20.2. The van der Waals surface area contributed by atoms with Gasteiger partial charge in [-0.25, -0.2) is 8.42 Å². The van der Waals surface area contributed by atoms with Crippen LogP contribution in [-0.2, 0) is 10.0 Å². The highest BCUT2D eigenvalue weighted by Gasteiger charge is 2.18. The van der Waals surface area contributed by atoms with E-state index in [0.717, 1.165) is 0 Å². The van der Waals surface area contributed by atoms with Gasteiger partial charge in [0.05, 0.1) is 22.7 Å². The molecule has 0 saturated carbocycles. The Morgan fingerprint density at radius 1 is 0.885 bits per heavy atom. The second kappa shape index (κ2) is 7.68. The Hall–Kier alpha value is -2.70. The van der Waals surface area contributed by atoms with Crippen LogP contribution in [0.15, 0.2) is 77.7 Å². The van der Waals surface area contributed by atoms with E-state index in [1.54, 1.807) is 36.4 Å². The van der Waals surface area contributed by atoms with E-state index in [-0.39, 0.29) is 9.92 Å². The molecular formula is C19H16ClNO4S. The Labute approximate surface area is 157 Å². The second-order valence-electron chi connectivity index (χ2n) is 5.31. The number of benzene rings is 3. The summed E-state index contributed by atoms with van der Waals surface area (Å²) in [5.74, 6) is 1.40. The third kappa shape index (κ3) is 4.09. The number of anilines is 1. The molecule has 0 aliphatic rings. The maximum absolute atomic E-state index is 12.7. The zero-order valence-corrected chi connectivity index (χ0v) is 15.4. The molecule has 134 valence electrons. The lowest BCUT2D eigenvalue weighted by molar-refractivity contribution is 0.414. The molecule has 0 unspecified atom stereocenters. The molecule has 26 heavy (non-hydrogen) atoms. The maximum Gasteiger partial charge on any atom is 0.262 e. The van der Waals surface area contributed by atoms with Gasteiger partial charge in [0.25, 0.3) is 10.0 Å². The minimum absolute atomic E-state index is 0.0258. The number of hydrogen-bond donors (Lipinski definition) is 1. The molecule has 0 aromatic heterocycles. The number of methoxy groups -OCH3 is 1. The van der Waals surface area contributed by atoms with Crippen LogP contribution in [-0.4, -0.2) is 15.5 Å². The average molecular weight is 390 g/mol. The molecule has 0 spiro atoms. The molecule has 7 heteroatoms. The highest BCUT2D eigenvalue weighted by atomic mass is 35.5. The Kier molecular flexibility index (Phi) is 5.35. The van der Waals surface area contributed by atoms with Crippen molar-refractivity contribution in [1.29, 1.82) is 0 Å². The summed E-state index contributed by atoms with van der Waals surface area (Å²) in [7, 11) is -2.38. The number of hydrogen-bond acceptors (Lipinski definition) is 4. The largest absolute Gasteiger partial charge is 0.495 e. The van der Waals surface area contributed by atoms with Gasteiger partial charge >= 0.3 is 0 Å². The molecule has 3 aromatic rings. The van der Waals surface area contributed by atoms with Crippen LogP contribution in [0.25, 0.3) is 0 Å². The molecule has 3 rings (SSSR count). The maximum atomic E-state index is 12.7. The lowest BCUT2D eigenvalue weighted by Crippen LogP contribution is -2.13. The van der Waals surface area contributed by atoms with Gasteiger partial charge in [0, 0.05) is 0 Å². The van der Waals surface area contributed by atoms with Gasteiger partial charge in [-0.05, 0) is 42.5 Å². The summed E-state index contributed by atoms with van der Waals surface area (Å²) < 4.78 is 38.7. The van der Waals surface area contributed by atoms with Crippen LogP contribution in [0.1, 0.15) is 0 Å². The first-order valence-corrected chi connectivity index (χ1v) is 9.54. The molecule has 0 radical (unpaired) electrons. The van der Waals surface area contributed by atoms with Crippen molar-refractivity contribution in [3.63, 3.8) is 0 Å². The third-order valence-corrected chi connectivity index (χ3v) is 5.19. The van der Waals surface area contributed by atoms with E-state index < -0.39 is 10.0 Å². The number of ether oxygens (including phenoxy) is 2. The van der Waals surface area contributed by atoms with Gasteiger partial charge in [-0.1, -0.05) is 41.9 Å². The van der Waals surface area contributed by atoms with E-state index in [4.69, 9.17) is 21.1 Å². The predicted molar refractivity (Wildman–Crippen MR) is 102 cm³/mol. The molecular weight excluding hydrogens is 374 g/mol. The lowest BCUT2D eigenvalue weighted by Gasteiger charge is -2.14. The first-order chi connectivity index (χ1) is 12.5. The van der Waals surface area contributed by atoms with E-state index in [1.165, 1.54) is 25.3 Å². The topological polar surface area (TPSA) is 64.6 Å². The molecule has 0 bridgehead atoms. The molecule has 0 saturated heterocycles. The zero-order valence-electron chi connectivity index (χ0n) is 13.8. The molecule has 1 N–H and O–H groups in total. The minimum Gasteiger partial charge on any atom is -0.495 e. The van der Waals surface area contributed by atoms with Crippen LogP contribution in [0.4, 0.5) is 5.69 Å². The van der Waals surface area contributed by atoms with Gasteiger partial charge in [-0.2, -0.15) is 0 Å². The van der Waals surface area contributed by atoms with Gasteiger partial charge in [-0.15, -0.1) is 0 Å². The predicted octanol–water partition coefficient (Wildman–Crippen LogP) is 4.94. The molecule has 3 aromatic carbocycles. The monoisotopic (exact) mass is 389 g/mol. The van der Waals surface area contributed by atoms with Gasteiger partial charge in [0.1, 0.15) is 11.5 Å². The van der Waals surface area contributed by atoms with Gasteiger partial charge in [-0.3, -0.25) is 4.72 Å². The van der Waals surface area contributed by atoms with Crippen LogP contribution in [0.2, 0.25) is 5.02 Å². The smallest absolute Gasteiger partial charge is 0.262 e. The van der Waals surface area contributed by atoms with E-state index in [9.17, 15) is 8.42 Å². The normalized spacial score (nSPS) is 11.0. The van der Waals surface area contributed by atoms with Crippen molar-refractivity contribution in [2.24, 2.45) is 0 Å². The quantitative estimate of drug-likeness (QED) is 0.648. The van der Waals surface area contributed by atoms with E-state index in [1.807, 2.05) is 18.2 Å². The average Bonchev–Trinajstić information content (AvgIpc) is 2.64. The number of rotatable bonds is 6. The number of halogens is 1.